The molecule has 1 N–H and O–H groups in total. The number of carbonyl (C=O) groups is 1. The van der Waals surface area contributed by atoms with Gasteiger partial charge in [0.15, 0.2) is 0 Å². The molecule has 1 aromatic carbocycles. The van der Waals surface area contributed by atoms with Gasteiger partial charge in [-0.2, -0.15) is 4.80 Å². The number of aromatic nitrogens is 4. The van der Waals surface area contributed by atoms with Crippen molar-refractivity contribution in [1.29, 1.82) is 0 Å². The predicted molar refractivity (Wildman–Crippen MR) is 69.6 cm³/mol. The Labute approximate surface area is 113 Å². The third-order valence-corrected chi connectivity index (χ3v) is 2.25. The molecule has 2 rings (SSSR count). The molecular weight excluding hydrogens is 264 g/mol. The summed E-state index contributed by atoms with van der Waals surface area (Å²) < 4.78 is 0. The van der Waals surface area contributed by atoms with Crippen LogP contribution in [0, 0.1) is 10.1 Å². The number of nitro groups is 1. The number of nitrogens with one attached hydrogen (secondary N) is 1. The zero-order valence-electron chi connectivity index (χ0n) is 10.4. The Morgan fingerprint density at radius 2 is 2.30 bits per heavy atom. The van der Waals surface area contributed by atoms with Crippen molar-refractivity contribution >= 4 is 23.6 Å². The van der Waals surface area contributed by atoms with Gasteiger partial charge in [0.2, 0.25) is 0 Å². The minimum absolute atomic E-state index is 0.0387. The second-order valence-corrected chi connectivity index (χ2v) is 3.78. The van der Waals surface area contributed by atoms with Gasteiger partial charge in [0.05, 0.1) is 12.0 Å². The highest BCUT2D eigenvalue weighted by Crippen LogP contribution is 2.14. The van der Waals surface area contributed by atoms with Crippen molar-refractivity contribution in [3.63, 3.8) is 0 Å². The molecule has 2 aromatic rings. The maximum Gasteiger partial charge on any atom is 0.270 e. The second kappa shape index (κ2) is 5.69. The summed E-state index contributed by atoms with van der Waals surface area (Å²) in [5.74, 6) is -0.370. The number of hydrogen-bond acceptors (Lipinski definition) is 6. The van der Waals surface area contributed by atoms with Crippen molar-refractivity contribution in [2.45, 2.75) is 0 Å². The number of nitro benzene ring substituents is 1. The number of rotatable bonds is 4. The predicted octanol–water partition coefficient (Wildman–Crippen LogP) is 0.770. The number of non-ortho nitro benzene ring substituents is 1. The van der Waals surface area contributed by atoms with E-state index in [0.29, 0.717) is 5.56 Å². The first-order chi connectivity index (χ1) is 9.54. The largest absolute Gasteiger partial charge is 0.288 e. The zero-order valence-corrected chi connectivity index (χ0v) is 10.4. The minimum Gasteiger partial charge on any atom is -0.288 e. The Bertz CT molecular complexity index is 678. The normalized spacial score (nSPS) is 10.7. The molecule has 0 aliphatic heterocycles. The maximum atomic E-state index is 11.6. The molecule has 0 saturated heterocycles. The highest BCUT2D eigenvalue weighted by molar-refractivity contribution is 6.00. The molecule has 102 valence electrons. The summed E-state index contributed by atoms with van der Waals surface area (Å²) in [6.45, 7) is 0. The van der Waals surface area contributed by atoms with Gasteiger partial charge in [-0.15, -0.1) is 5.10 Å². The number of tetrazole rings is 1. The van der Waals surface area contributed by atoms with Crippen LogP contribution in [0.15, 0.2) is 30.3 Å². The van der Waals surface area contributed by atoms with Crippen LogP contribution in [0.3, 0.4) is 0 Å². The number of nitrogens with zero attached hydrogens (tertiary/aromatic N) is 5. The van der Waals surface area contributed by atoms with Crippen LogP contribution in [0.4, 0.5) is 11.6 Å². The van der Waals surface area contributed by atoms with Gasteiger partial charge >= 0.3 is 0 Å². The molecule has 0 atom stereocenters. The van der Waals surface area contributed by atoms with Gasteiger partial charge in [-0.1, -0.05) is 17.2 Å². The highest BCUT2D eigenvalue weighted by Gasteiger charge is 2.05. The first-order valence-corrected chi connectivity index (χ1v) is 5.52. The van der Waals surface area contributed by atoms with Gasteiger partial charge < -0.3 is 0 Å². The zero-order chi connectivity index (χ0) is 14.5. The lowest BCUT2D eigenvalue weighted by atomic mass is 10.2. The smallest absolute Gasteiger partial charge is 0.270 e. The third kappa shape index (κ3) is 3.45. The number of hydrogen-bond donors (Lipinski definition) is 1. The molecule has 0 fully saturated rings. The van der Waals surface area contributed by atoms with Crippen LogP contribution in [0.1, 0.15) is 5.56 Å². The van der Waals surface area contributed by atoms with Crippen LogP contribution in [0.2, 0.25) is 0 Å². The average molecular weight is 274 g/mol. The molecular formula is C11H10N6O3. The maximum absolute atomic E-state index is 11.6. The number of benzene rings is 1. The Morgan fingerprint density at radius 1 is 1.50 bits per heavy atom. The summed E-state index contributed by atoms with van der Waals surface area (Å²) in [5.41, 5.74) is 0.504. The lowest BCUT2D eigenvalue weighted by molar-refractivity contribution is -0.384. The van der Waals surface area contributed by atoms with Crippen LogP contribution < -0.4 is 5.32 Å². The molecule has 0 aliphatic rings. The fraction of sp³-hybridized carbons (Fsp3) is 0.0909. The fourth-order valence-corrected chi connectivity index (χ4v) is 1.40. The van der Waals surface area contributed by atoms with Crippen molar-refractivity contribution in [1.82, 2.24) is 20.2 Å². The van der Waals surface area contributed by atoms with E-state index in [1.807, 2.05) is 0 Å². The lowest BCUT2D eigenvalue weighted by Gasteiger charge is -1.95. The van der Waals surface area contributed by atoms with Crippen LogP contribution in [0.5, 0.6) is 0 Å². The summed E-state index contributed by atoms with van der Waals surface area (Å²) in [7, 11) is 1.57. The SMILES string of the molecule is Cn1nnc(NC(=O)/C=C/c2cccc([N+](=O)[O-])c2)n1. The average Bonchev–Trinajstić information content (AvgIpc) is 2.82. The van der Waals surface area contributed by atoms with Crippen LogP contribution in [-0.4, -0.2) is 31.0 Å². The summed E-state index contributed by atoms with van der Waals surface area (Å²) in [4.78, 5) is 22.9. The Morgan fingerprint density at radius 3 is 2.95 bits per heavy atom. The van der Waals surface area contributed by atoms with Crippen LogP contribution >= 0.6 is 0 Å². The Balaban J connectivity index is 2.03. The van der Waals surface area contributed by atoms with Crippen molar-refractivity contribution in [3.8, 4) is 0 Å². The van der Waals surface area contributed by atoms with Gasteiger partial charge in [-0.3, -0.25) is 20.2 Å². The molecule has 0 aliphatic carbocycles. The molecule has 1 amide bonds. The Kier molecular flexibility index (Phi) is 3.80. The van der Waals surface area contributed by atoms with Gasteiger partial charge in [0.25, 0.3) is 17.5 Å². The summed E-state index contributed by atoms with van der Waals surface area (Å²) in [6, 6.07) is 5.93. The molecule has 9 nitrogen and oxygen atoms in total. The van der Waals surface area contributed by atoms with Crippen LogP contribution in [0.25, 0.3) is 6.08 Å². The van der Waals surface area contributed by atoms with Crippen LogP contribution in [-0.2, 0) is 11.8 Å². The molecule has 0 saturated carbocycles. The minimum atomic E-state index is -0.499. The van der Waals surface area contributed by atoms with Gasteiger partial charge in [-0.05, 0) is 16.9 Å². The molecule has 20 heavy (non-hydrogen) atoms. The van der Waals surface area contributed by atoms with E-state index in [9.17, 15) is 14.9 Å². The third-order valence-electron chi connectivity index (χ3n) is 2.25. The van der Waals surface area contributed by atoms with Crippen molar-refractivity contribution < 1.29 is 9.72 Å². The number of carbonyl (C=O) groups excluding carboxylic acids is 1. The highest BCUT2D eigenvalue weighted by atomic mass is 16.6. The molecule has 9 heteroatoms. The molecule has 1 aromatic heterocycles. The number of aryl methyl sites for hydroxylation is 1. The number of anilines is 1. The van der Waals surface area contributed by atoms with E-state index < -0.39 is 10.8 Å². The fourth-order valence-electron chi connectivity index (χ4n) is 1.40. The standard InChI is InChI=1S/C11H10N6O3/c1-16-14-11(13-15-16)12-10(18)6-5-8-3-2-4-9(7-8)17(19)20/h2-7H,1H3,(H,12,14,18)/b6-5+. The van der Waals surface area contributed by atoms with E-state index in [1.54, 1.807) is 19.2 Å². The molecule has 0 radical (unpaired) electrons. The summed E-state index contributed by atoms with van der Waals surface area (Å²) in [6.07, 6.45) is 2.69. The topological polar surface area (TPSA) is 116 Å². The van der Waals surface area contributed by atoms with Gasteiger partial charge in [0.1, 0.15) is 0 Å². The molecule has 0 spiro atoms. The van der Waals surface area contributed by atoms with E-state index in [2.05, 4.69) is 20.7 Å². The van der Waals surface area contributed by atoms with Crippen molar-refractivity contribution in [3.05, 3.63) is 46.0 Å². The van der Waals surface area contributed by atoms with Crippen molar-refractivity contribution in [2.24, 2.45) is 7.05 Å². The molecule has 1 heterocycles. The molecule has 0 bridgehead atoms. The van der Waals surface area contributed by atoms with E-state index in [4.69, 9.17) is 0 Å². The van der Waals surface area contributed by atoms with Gasteiger partial charge in [0, 0.05) is 18.2 Å². The first kappa shape index (κ1) is 13.3. The number of amides is 1. The molecule has 0 unspecified atom stereocenters. The monoisotopic (exact) mass is 274 g/mol. The van der Waals surface area contributed by atoms with E-state index in [1.165, 1.54) is 29.1 Å². The van der Waals surface area contributed by atoms with E-state index in [-0.39, 0.29) is 11.6 Å². The Hall–Kier alpha value is -3.10. The first-order valence-electron chi connectivity index (χ1n) is 5.52. The van der Waals surface area contributed by atoms with Crippen molar-refractivity contribution in [2.75, 3.05) is 5.32 Å². The second-order valence-electron chi connectivity index (χ2n) is 3.78. The summed E-state index contributed by atoms with van der Waals surface area (Å²) >= 11 is 0. The quantitative estimate of drug-likeness (QED) is 0.500. The van der Waals surface area contributed by atoms with E-state index in [0.717, 1.165) is 0 Å². The van der Waals surface area contributed by atoms with E-state index >= 15 is 0 Å². The van der Waals surface area contributed by atoms with Gasteiger partial charge in [-0.25, -0.2) is 0 Å². The summed E-state index contributed by atoms with van der Waals surface area (Å²) in [5, 5.41) is 24.0. The lowest BCUT2D eigenvalue weighted by Crippen LogP contribution is -2.09.